The Hall–Kier alpha value is -0.170. The largest absolute Gasteiger partial charge is 0.316 e. The highest BCUT2D eigenvalue weighted by molar-refractivity contribution is 7.86. The summed E-state index contributed by atoms with van der Waals surface area (Å²) in [5.41, 5.74) is 0. The van der Waals surface area contributed by atoms with Gasteiger partial charge in [0, 0.05) is 25.7 Å². The van der Waals surface area contributed by atoms with Crippen LogP contribution in [0.5, 0.6) is 0 Å². The average Bonchev–Trinajstić information content (AvgIpc) is 2.91. The van der Waals surface area contributed by atoms with Gasteiger partial charge in [-0.2, -0.15) is 17.0 Å². The van der Waals surface area contributed by atoms with Crippen molar-refractivity contribution in [2.75, 3.05) is 32.7 Å². The molecule has 5 nitrogen and oxygen atoms in total. The molecule has 0 saturated carbocycles. The van der Waals surface area contributed by atoms with E-state index in [4.69, 9.17) is 0 Å². The summed E-state index contributed by atoms with van der Waals surface area (Å²) in [6.45, 7) is 7.68. The molecule has 0 amide bonds. The van der Waals surface area contributed by atoms with Crippen molar-refractivity contribution in [3.05, 3.63) is 0 Å². The van der Waals surface area contributed by atoms with Crippen LogP contribution in [0.3, 0.4) is 0 Å². The van der Waals surface area contributed by atoms with Crippen LogP contribution < -0.4 is 5.32 Å². The van der Waals surface area contributed by atoms with Crippen molar-refractivity contribution in [2.45, 2.75) is 45.6 Å². The van der Waals surface area contributed by atoms with Gasteiger partial charge < -0.3 is 5.32 Å². The molecule has 1 N–H and O–H groups in total. The fraction of sp³-hybridized carbons (Fsp3) is 1.00. The molecule has 19 heavy (non-hydrogen) atoms. The van der Waals surface area contributed by atoms with Crippen LogP contribution in [0.1, 0.15) is 39.5 Å². The third-order valence-corrected chi connectivity index (χ3v) is 6.67. The van der Waals surface area contributed by atoms with Gasteiger partial charge in [0.2, 0.25) is 0 Å². The first-order valence-corrected chi connectivity index (χ1v) is 8.98. The Bertz CT molecular complexity index is 375. The molecule has 2 aliphatic rings. The van der Waals surface area contributed by atoms with Crippen LogP contribution in [-0.2, 0) is 10.2 Å². The lowest BCUT2D eigenvalue weighted by molar-refractivity contribution is 0.228. The zero-order valence-electron chi connectivity index (χ0n) is 12.1. The second-order valence-electron chi connectivity index (χ2n) is 5.52. The summed E-state index contributed by atoms with van der Waals surface area (Å²) < 4.78 is 28.7. The Morgan fingerprint density at radius 3 is 2.53 bits per heavy atom. The number of rotatable bonds is 5. The molecule has 0 spiro atoms. The molecule has 6 heteroatoms. The van der Waals surface area contributed by atoms with Crippen LogP contribution in [0.25, 0.3) is 0 Å². The summed E-state index contributed by atoms with van der Waals surface area (Å²) in [5, 5.41) is 3.41. The van der Waals surface area contributed by atoms with Gasteiger partial charge in [0.25, 0.3) is 10.2 Å². The minimum absolute atomic E-state index is 0.207. The number of hydrogen-bond acceptors (Lipinski definition) is 3. The molecule has 2 atom stereocenters. The van der Waals surface area contributed by atoms with Crippen molar-refractivity contribution in [3.8, 4) is 0 Å². The molecule has 2 saturated heterocycles. The van der Waals surface area contributed by atoms with Gasteiger partial charge in [-0.15, -0.1) is 0 Å². The predicted octanol–water partition coefficient (Wildman–Crippen LogP) is 1.04. The lowest BCUT2D eigenvalue weighted by atomic mass is 9.91. The maximum absolute atomic E-state index is 12.7. The highest BCUT2D eigenvalue weighted by atomic mass is 32.2. The Morgan fingerprint density at radius 1 is 1.21 bits per heavy atom. The fourth-order valence-electron chi connectivity index (χ4n) is 3.43. The number of piperidine rings is 1. The van der Waals surface area contributed by atoms with Crippen molar-refractivity contribution in [2.24, 2.45) is 5.92 Å². The fourth-order valence-corrected chi connectivity index (χ4v) is 5.36. The van der Waals surface area contributed by atoms with E-state index in [1.54, 1.807) is 8.61 Å². The lowest BCUT2D eigenvalue weighted by Crippen LogP contribution is -2.50. The Kier molecular flexibility index (Phi) is 5.22. The molecule has 0 radical (unpaired) electrons. The normalized spacial score (nSPS) is 30.1. The first kappa shape index (κ1) is 15.2. The highest BCUT2D eigenvalue weighted by Crippen LogP contribution is 2.31. The highest BCUT2D eigenvalue weighted by Gasteiger charge is 2.40. The molecular weight excluding hydrogens is 262 g/mol. The summed E-state index contributed by atoms with van der Waals surface area (Å²) in [6, 6.07) is 0.207. The van der Waals surface area contributed by atoms with Gasteiger partial charge in [-0.05, 0) is 44.7 Å². The SMILES string of the molecule is CCN(CC)S(=O)(=O)N1CCCC1C1CCCNC1. The molecule has 2 rings (SSSR count). The molecule has 0 aromatic carbocycles. The molecule has 0 aromatic rings. The van der Waals surface area contributed by atoms with Gasteiger partial charge in [-0.25, -0.2) is 0 Å². The van der Waals surface area contributed by atoms with E-state index in [-0.39, 0.29) is 6.04 Å². The molecule has 2 aliphatic heterocycles. The van der Waals surface area contributed by atoms with Gasteiger partial charge in [-0.3, -0.25) is 0 Å². The Labute approximate surface area is 117 Å². The van der Waals surface area contributed by atoms with E-state index in [2.05, 4.69) is 5.32 Å². The molecule has 112 valence electrons. The zero-order chi connectivity index (χ0) is 13.9. The predicted molar refractivity (Wildman–Crippen MR) is 77.2 cm³/mol. The molecule has 2 fully saturated rings. The first-order valence-electron chi connectivity index (χ1n) is 7.58. The van der Waals surface area contributed by atoms with E-state index >= 15 is 0 Å². The first-order chi connectivity index (χ1) is 9.11. The standard InChI is InChI=1S/C13H27N3O2S/c1-3-15(4-2)19(17,18)16-10-6-8-13(16)12-7-5-9-14-11-12/h12-14H,3-11H2,1-2H3. The summed E-state index contributed by atoms with van der Waals surface area (Å²) in [7, 11) is -3.26. The average molecular weight is 289 g/mol. The third-order valence-electron chi connectivity index (χ3n) is 4.46. The molecule has 0 bridgehead atoms. The van der Waals surface area contributed by atoms with Crippen molar-refractivity contribution in [1.29, 1.82) is 0 Å². The van der Waals surface area contributed by atoms with Crippen LogP contribution >= 0.6 is 0 Å². The topological polar surface area (TPSA) is 52.7 Å². The monoisotopic (exact) mass is 289 g/mol. The quantitative estimate of drug-likeness (QED) is 0.823. The van der Waals surface area contributed by atoms with Crippen LogP contribution in [-0.4, -0.2) is 55.8 Å². The number of nitrogens with one attached hydrogen (secondary N) is 1. The maximum Gasteiger partial charge on any atom is 0.282 e. The van der Waals surface area contributed by atoms with Crippen molar-refractivity contribution in [3.63, 3.8) is 0 Å². The van der Waals surface area contributed by atoms with Gasteiger partial charge in [-0.1, -0.05) is 13.8 Å². The van der Waals surface area contributed by atoms with Crippen LogP contribution in [0.4, 0.5) is 0 Å². The summed E-state index contributed by atoms with van der Waals surface area (Å²) >= 11 is 0. The molecular formula is C13H27N3O2S. The second-order valence-corrected chi connectivity index (χ2v) is 7.40. The summed E-state index contributed by atoms with van der Waals surface area (Å²) in [6.07, 6.45) is 4.34. The Balaban J connectivity index is 2.13. The number of nitrogens with zero attached hydrogens (tertiary/aromatic N) is 2. The lowest BCUT2D eigenvalue weighted by Gasteiger charge is -2.36. The van der Waals surface area contributed by atoms with E-state index in [1.807, 2.05) is 13.8 Å². The van der Waals surface area contributed by atoms with Crippen molar-refractivity contribution < 1.29 is 8.42 Å². The minimum atomic E-state index is -3.26. The summed E-state index contributed by atoms with van der Waals surface area (Å²) in [5.74, 6) is 0.488. The third kappa shape index (κ3) is 3.12. The van der Waals surface area contributed by atoms with Crippen LogP contribution in [0.2, 0.25) is 0 Å². The van der Waals surface area contributed by atoms with Crippen molar-refractivity contribution >= 4 is 10.2 Å². The van der Waals surface area contributed by atoms with E-state index in [1.165, 1.54) is 6.42 Å². The van der Waals surface area contributed by atoms with E-state index in [0.717, 1.165) is 32.4 Å². The van der Waals surface area contributed by atoms with Crippen LogP contribution in [0.15, 0.2) is 0 Å². The van der Waals surface area contributed by atoms with E-state index in [9.17, 15) is 8.42 Å². The minimum Gasteiger partial charge on any atom is -0.316 e. The van der Waals surface area contributed by atoms with Gasteiger partial charge in [0.15, 0.2) is 0 Å². The number of hydrogen-bond donors (Lipinski definition) is 1. The molecule has 0 aromatic heterocycles. The molecule has 2 heterocycles. The van der Waals surface area contributed by atoms with Crippen molar-refractivity contribution in [1.82, 2.24) is 13.9 Å². The van der Waals surface area contributed by atoms with Gasteiger partial charge in [0.05, 0.1) is 0 Å². The Morgan fingerprint density at radius 2 is 1.95 bits per heavy atom. The molecule has 0 aliphatic carbocycles. The molecule has 2 unspecified atom stereocenters. The second kappa shape index (κ2) is 6.52. The van der Waals surface area contributed by atoms with Gasteiger partial charge in [0.1, 0.15) is 0 Å². The van der Waals surface area contributed by atoms with E-state index < -0.39 is 10.2 Å². The van der Waals surface area contributed by atoms with Gasteiger partial charge >= 0.3 is 0 Å². The van der Waals surface area contributed by atoms with Crippen LogP contribution in [0, 0.1) is 5.92 Å². The van der Waals surface area contributed by atoms with E-state index in [0.29, 0.717) is 25.6 Å². The smallest absolute Gasteiger partial charge is 0.282 e. The maximum atomic E-state index is 12.7. The zero-order valence-corrected chi connectivity index (χ0v) is 13.0. The summed E-state index contributed by atoms with van der Waals surface area (Å²) in [4.78, 5) is 0.